The fourth-order valence-corrected chi connectivity index (χ4v) is 3.91. The van der Waals surface area contributed by atoms with Crippen LogP contribution in [0.4, 0.5) is 5.69 Å². The van der Waals surface area contributed by atoms with Gasteiger partial charge in [-0.25, -0.2) is 4.79 Å². The van der Waals surface area contributed by atoms with Crippen LogP contribution in [0.3, 0.4) is 0 Å². The van der Waals surface area contributed by atoms with Crippen molar-refractivity contribution in [2.75, 3.05) is 11.6 Å². The molecule has 138 valence electrons. The Balaban J connectivity index is 1.68. The van der Waals surface area contributed by atoms with Crippen molar-refractivity contribution in [3.8, 4) is 16.9 Å². The summed E-state index contributed by atoms with van der Waals surface area (Å²) in [5, 5.41) is 1.54. The lowest BCUT2D eigenvalue weighted by Gasteiger charge is -2.31. The maximum Gasteiger partial charge on any atom is 0.336 e. The maximum absolute atomic E-state index is 12.3. The van der Waals surface area contributed by atoms with E-state index >= 15 is 0 Å². The molecule has 0 amide bonds. The van der Waals surface area contributed by atoms with Crippen LogP contribution in [0, 0.1) is 0 Å². The molecule has 1 aliphatic heterocycles. The molecule has 0 saturated heterocycles. The highest BCUT2D eigenvalue weighted by molar-refractivity contribution is 6.33. The number of anilines is 1. The number of fused-ring (bicyclic) bond motifs is 3. The molecule has 0 radical (unpaired) electrons. The number of para-hydroxylation sites is 1. The van der Waals surface area contributed by atoms with Gasteiger partial charge >= 0.3 is 5.63 Å². The fourth-order valence-electron chi connectivity index (χ4n) is 3.65. The summed E-state index contributed by atoms with van der Waals surface area (Å²) < 4.78 is 11.6. The van der Waals surface area contributed by atoms with E-state index in [0.29, 0.717) is 23.9 Å². The molecule has 3 aromatic carbocycles. The first-order valence-electron chi connectivity index (χ1n) is 8.98. The van der Waals surface area contributed by atoms with Gasteiger partial charge in [-0.05, 0) is 35.4 Å². The normalized spacial score (nSPS) is 13.2. The van der Waals surface area contributed by atoms with Gasteiger partial charge in [-0.15, -0.1) is 0 Å². The van der Waals surface area contributed by atoms with E-state index in [0.717, 1.165) is 33.5 Å². The van der Waals surface area contributed by atoms with Crippen molar-refractivity contribution in [3.05, 3.63) is 93.8 Å². The monoisotopic (exact) mass is 389 g/mol. The maximum atomic E-state index is 12.3. The Labute approximate surface area is 166 Å². The third-order valence-electron chi connectivity index (χ3n) is 4.98. The van der Waals surface area contributed by atoms with Gasteiger partial charge in [-0.2, -0.15) is 0 Å². The van der Waals surface area contributed by atoms with Crippen molar-refractivity contribution in [1.82, 2.24) is 0 Å². The van der Waals surface area contributed by atoms with E-state index in [1.54, 1.807) is 6.07 Å². The Bertz CT molecular complexity index is 1230. The second-order valence-corrected chi connectivity index (χ2v) is 7.09. The first-order chi connectivity index (χ1) is 13.7. The van der Waals surface area contributed by atoms with Crippen LogP contribution in [0.15, 0.2) is 82.0 Å². The summed E-state index contributed by atoms with van der Waals surface area (Å²) in [5.41, 5.74) is 3.73. The summed E-state index contributed by atoms with van der Waals surface area (Å²) in [5.74, 6) is 0.726. The van der Waals surface area contributed by atoms with E-state index in [-0.39, 0.29) is 5.63 Å². The second kappa shape index (κ2) is 6.73. The summed E-state index contributed by atoms with van der Waals surface area (Å²) in [6, 6.07) is 22.9. The van der Waals surface area contributed by atoms with Crippen molar-refractivity contribution in [2.24, 2.45) is 0 Å². The van der Waals surface area contributed by atoms with Crippen LogP contribution in [0.5, 0.6) is 5.75 Å². The van der Waals surface area contributed by atoms with E-state index < -0.39 is 0 Å². The van der Waals surface area contributed by atoms with Gasteiger partial charge in [0.15, 0.2) is 6.73 Å². The first kappa shape index (κ1) is 16.9. The topological polar surface area (TPSA) is 42.7 Å². The smallest absolute Gasteiger partial charge is 0.336 e. The Morgan fingerprint density at radius 3 is 2.54 bits per heavy atom. The molecule has 0 saturated carbocycles. The van der Waals surface area contributed by atoms with E-state index in [4.69, 9.17) is 20.8 Å². The van der Waals surface area contributed by atoms with E-state index in [9.17, 15) is 4.79 Å². The third-order valence-corrected chi connectivity index (χ3v) is 5.29. The standard InChI is InChI=1S/C23H16ClNO3/c24-19-8-4-5-9-20(19)25-13-18-21(27-14-25)11-10-16-17(12-22(26)28-23(16)18)15-6-2-1-3-7-15/h1-12H,13-14H2. The van der Waals surface area contributed by atoms with Crippen molar-refractivity contribution in [3.63, 3.8) is 0 Å². The van der Waals surface area contributed by atoms with Crippen LogP contribution in [-0.2, 0) is 6.54 Å². The predicted octanol–water partition coefficient (Wildman–Crippen LogP) is 5.47. The summed E-state index contributed by atoms with van der Waals surface area (Å²) in [4.78, 5) is 14.4. The highest BCUT2D eigenvalue weighted by atomic mass is 35.5. The molecule has 0 bridgehead atoms. The number of hydrogen-bond acceptors (Lipinski definition) is 4. The minimum Gasteiger partial charge on any atom is -0.473 e. The number of rotatable bonds is 2. The number of ether oxygens (including phenoxy) is 1. The molecule has 4 nitrogen and oxygen atoms in total. The molecular formula is C23H16ClNO3. The Morgan fingerprint density at radius 1 is 0.929 bits per heavy atom. The Kier molecular flexibility index (Phi) is 4.06. The van der Waals surface area contributed by atoms with Gasteiger partial charge in [0.25, 0.3) is 0 Å². The molecule has 28 heavy (non-hydrogen) atoms. The molecule has 1 aromatic heterocycles. The average Bonchev–Trinajstić information content (AvgIpc) is 2.74. The van der Waals surface area contributed by atoms with E-state index in [1.807, 2.05) is 71.6 Å². The van der Waals surface area contributed by atoms with Gasteiger partial charge in [0, 0.05) is 11.5 Å². The lowest BCUT2D eigenvalue weighted by molar-refractivity contribution is 0.289. The molecule has 1 aliphatic rings. The molecule has 4 aromatic rings. The van der Waals surface area contributed by atoms with Crippen molar-refractivity contribution >= 4 is 28.3 Å². The molecule has 0 N–H and O–H groups in total. The minimum atomic E-state index is -0.380. The SMILES string of the molecule is O=c1cc(-c2ccccc2)c2ccc3c(c2o1)CN(c1ccccc1Cl)CO3. The van der Waals surface area contributed by atoms with Gasteiger partial charge in [-0.1, -0.05) is 54.1 Å². The lowest BCUT2D eigenvalue weighted by atomic mass is 9.99. The van der Waals surface area contributed by atoms with Crippen LogP contribution in [0.25, 0.3) is 22.1 Å². The van der Waals surface area contributed by atoms with Crippen LogP contribution in [0.1, 0.15) is 5.56 Å². The fraction of sp³-hybridized carbons (Fsp3) is 0.0870. The quantitative estimate of drug-likeness (QED) is 0.426. The predicted molar refractivity (Wildman–Crippen MR) is 111 cm³/mol. The summed E-state index contributed by atoms with van der Waals surface area (Å²) in [6.07, 6.45) is 0. The van der Waals surface area contributed by atoms with Gasteiger partial charge in [0.05, 0.1) is 22.8 Å². The van der Waals surface area contributed by atoms with Gasteiger partial charge in [-0.3, -0.25) is 0 Å². The molecule has 0 fully saturated rings. The van der Waals surface area contributed by atoms with Gasteiger partial charge < -0.3 is 14.1 Å². The molecule has 0 spiro atoms. The second-order valence-electron chi connectivity index (χ2n) is 6.69. The van der Waals surface area contributed by atoms with Gasteiger partial charge in [0.1, 0.15) is 11.3 Å². The van der Waals surface area contributed by atoms with Crippen LogP contribution in [-0.4, -0.2) is 6.73 Å². The number of hydrogen-bond donors (Lipinski definition) is 0. The summed E-state index contributed by atoms with van der Waals surface area (Å²) in [7, 11) is 0. The van der Waals surface area contributed by atoms with Crippen LogP contribution >= 0.6 is 11.6 Å². The van der Waals surface area contributed by atoms with Gasteiger partial charge in [0.2, 0.25) is 0 Å². The van der Waals surface area contributed by atoms with Crippen molar-refractivity contribution in [1.29, 1.82) is 0 Å². The third kappa shape index (κ3) is 2.83. The van der Waals surface area contributed by atoms with E-state index in [2.05, 4.69) is 0 Å². The first-order valence-corrected chi connectivity index (χ1v) is 9.36. The molecule has 5 rings (SSSR count). The van der Waals surface area contributed by atoms with Crippen LogP contribution in [0.2, 0.25) is 5.02 Å². The zero-order valence-electron chi connectivity index (χ0n) is 14.9. The minimum absolute atomic E-state index is 0.380. The lowest BCUT2D eigenvalue weighted by Crippen LogP contribution is -2.32. The largest absolute Gasteiger partial charge is 0.473 e. The number of halogens is 1. The average molecular weight is 390 g/mol. The molecular weight excluding hydrogens is 374 g/mol. The number of benzene rings is 3. The van der Waals surface area contributed by atoms with E-state index in [1.165, 1.54) is 0 Å². The van der Waals surface area contributed by atoms with Crippen molar-refractivity contribution in [2.45, 2.75) is 6.54 Å². The Morgan fingerprint density at radius 2 is 1.71 bits per heavy atom. The Hall–Kier alpha value is -3.24. The zero-order chi connectivity index (χ0) is 19.1. The molecule has 5 heteroatoms. The summed E-state index contributed by atoms with van der Waals surface area (Å²) in [6.45, 7) is 0.919. The van der Waals surface area contributed by atoms with Crippen LogP contribution < -0.4 is 15.3 Å². The molecule has 0 aliphatic carbocycles. The molecule has 0 unspecified atom stereocenters. The van der Waals surface area contributed by atoms with Crippen molar-refractivity contribution < 1.29 is 9.15 Å². The summed E-state index contributed by atoms with van der Waals surface area (Å²) >= 11 is 6.36. The molecule has 2 heterocycles. The zero-order valence-corrected chi connectivity index (χ0v) is 15.6. The highest BCUT2D eigenvalue weighted by Gasteiger charge is 2.24. The molecule has 0 atom stereocenters. The highest BCUT2D eigenvalue weighted by Crippen LogP contribution is 2.38. The number of nitrogens with zero attached hydrogens (tertiary/aromatic N) is 1.